The second kappa shape index (κ2) is 7.04. The summed E-state index contributed by atoms with van der Waals surface area (Å²) in [5, 5.41) is 13.8. The summed E-state index contributed by atoms with van der Waals surface area (Å²) in [5.74, 6) is -0.576. The molecule has 0 unspecified atom stereocenters. The van der Waals surface area contributed by atoms with E-state index in [1.807, 2.05) is 37.3 Å². The molecule has 0 fully saturated rings. The highest BCUT2D eigenvalue weighted by molar-refractivity contribution is 6.33. The van der Waals surface area contributed by atoms with Gasteiger partial charge in [-0.15, -0.1) is 0 Å². The van der Waals surface area contributed by atoms with Crippen molar-refractivity contribution < 1.29 is 9.72 Å². The van der Waals surface area contributed by atoms with E-state index in [-0.39, 0.29) is 28.2 Å². The number of hydrogen-bond donors (Lipinski definition) is 1. The van der Waals surface area contributed by atoms with E-state index in [1.165, 1.54) is 18.2 Å². The normalized spacial score (nSPS) is 11.7. The number of carbonyl (C=O) groups is 1. The Kier molecular flexibility index (Phi) is 5.12. The average Bonchev–Trinajstić information content (AvgIpc) is 2.51. The molecule has 6 heteroatoms. The molecule has 0 saturated heterocycles. The van der Waals surface area contributed by atoms with Crippen LogP contribution in [0.1, 0.15) is 24.8 Å². The van der Waals surface area contributed by atoms with Crippen LogP contribution in [0.3, 0.4) is 0 Å². The van der Waals surface area contributed by atoms with E-state index < -0.39 is 4.92 Å². The number of benzene rings is 2. The summed E-state index contributed by atoms with van der Waals surface area (Å²) in [6.45, 7) is 1.91. The van der Waals surface area contributed by atoms with Crippen molar-refractivity contribution in [2.75, 3.05) is 5.32 Å². The first-order valence-electron chi connectivity index (χ1n) is 6.82. The number of carbonyl (C=O) groups excluding carboxylic acids is 1. The van der Waals surface area contributed by atoms with E-state index in [1.54, 1.807) is 0 Å². The molecule has 0 aliphatic rings. The van der Waals surface area contributed by atoms with Crippen molar-refractivity contribution in [1.29, 1.82) is 0 Å². The number of anilines is 1. The van der Waals surface area contributed by atoms with Gasteiger partial charge >= 0.3 is 0 Å². The van der Waals surface area contributed by atoms with Crippen molar-refractivity contribution in [3.63, 3.8) is 0 Å². The molecular formula is C16H15ClN2O3. The van der Waals surface area contributed by atoms with E-state index in [9.17, 15) is 14.9 Å². The van der Waals surface area contributed by atoms with Gasteiger partial charge in [-0.3, -0.25) is 14.9 Å². The fourth-order valence-corrected chi connectivity index (χ4v) is 2.37. The first kappa shape index (κ1) is 16.0. The quantitative estimate of drug-likeness (QED) is 0.656. The van der Waals surface area contributed by atoms with Crippen LogP contribution in [-0.2, 0) is 4.79 Å². The Bertz CT molecular complexity index is 689. The van der Waals surface area contributed by atoms with Crippen molar-refractivity contribution in [2.45, 2.75) is 19.3 Å². The molecule has 2 aromatic rings. The van der Waals surface area contributed by atoms with Crippen LogP contribution >= 0.6 is 11.6 Å². The van der Waals surface area contributed by atoms with Crippen molar-refractivity contribution in [3.8, 4) is 0 Å². The molecule has 0 spiro atoms. The smallest absolute Gasteiger partial charge is 0.271 e. The molecule has 114 valence electrons. The number of nitrogens with one attached hydrogen (secondary N) is 1. The highest BCUT2D eigenvalue weighted by atomic mass is 35.5. The summed E-state index contributed by atoms with van der Waals surface area (Å²) in [5.41, 5.74) is 1.02. The SMILES string of the molecule is CC[C@H](C(=O)Nc1cc([N+](=O)[O-])ccc1Cl)c1ccccc1. The molecule has 1 N–H and O–H groups in total. The maximum atomic E-state index is 12.4. The molecule has 0 aliphatic heterocycles. The number of amides is 1. The largest absolute Gasteiger partial charge is 0.324 e. The Morgan fingerprint density at radius 2 is 1.95 bits per heavy atom. The molecule has 1 amide bonds. The predicted molar refractivity (Wildman–Crippen MR) is 86.2 cm³/mol. The van der Waals surface area contributed by atoms with Crippen LogP contribution in [0, 0.1) is 10.1 Å². The number of nitro benzene ring substituents is 1. The minimum Gasteiger partial charge on any atom is -0.324 e. The third kappa shape index (κ3) is 3.62. The van der Waals surface area contributed by atoms with E-state index in [4.69, 9.17) is 11.6 Å². The van der Waals surface area contributed by atoms with Gasteiger partial charge in [-0.2, -0.15) is 0 Å². The standard InChI is InChI=1S/C16H15ClN2O3/c1-2-13(11-6-4-3-5-7-11)16(20)18-15-10-12(19(21)22)8-9-14(15)17/h3-10,13H,2H2,1H3,(H,18,20)/t13-/m0/s1. The minimum atomic E-state index is -0.527. The summed E-state index contributed by atoms with van der Waals surface area (Å²) < 4.78 is 0. The molecule has 22 heavy (non-hydrogen) atoms. The van der Waals surface area contributed by atoms with Gasteiger partial charge in [0.2, 0.25) is 5.91 Å². The number of rotatable bonds is 5. The fourth-order valence-electron chi connectivity index (χ4n) is 2.20. The Hall–Kier alpha value is -2.40. The Morgan fingerprint density at radius 3 is 2.55 bits per heavy atom. The molecule has 0 aromatic heterocycles. The Morgan fingerprint density at radius 1 is 1.27 bits per heavy atom. The van der Waals surface area contributed by atoms with E-state index in [2.05, 4.69) is 5.32 Å². The van der Waals surface area contributed by atoms with Gasteiger partial charge in [0.1, 0.15) is 0 Å². The highest BCUT2D eigenvalue weighted by Crippen LogP contribution is 2.29. The average molecular weight is 319 g/mol. The van der Waals surface area contributed by atoms with Gasteiger partial charge in [0.25, 0.3) is 5.69 Å². The van der Waals surface area contributed by atoms with Crippen LogP contribution in [0.15, 0.2) is 48.5 Å². The zero-order valence-corrected chi connectivity index (χ0v) is 12.7. The van der Waals surface area contributed by atoms with Crippen LogP contribution in [0.4, 0.5) is 11.4 Å². The zero-order valence-electron chi connectivity index (χ0n) is 12.0. The number of nitro groups is 1. The van der Waals surface area contributed by atoms with Gasteiger partial charge in [0.15, 0.2) is 0 Å². The predicted octanol–water partition coefficient (Wildman–Crippen LogP) is 4.38. The molecule has 0 bridgehead atoms. The topological polar surface area (TPSA) is 72.2 Å². The summed E-state index contributed by atoms with van der Waals surface area (Å²) in [4.78, 5) is 22.7. The number of hydrogen-bond acceptors (Lipinski definition) is 3. The third-order valence-corrected chi connectivity index (χ3v) is 3.67. The van der Waals surface area contributed by atoms with Gasteiger partial charge < -0.3 is 5.32 Å². The third-order valence-electron chi connectivity index (χ3n) is 3.35. The van der Waals surface area contributed by atoms with Crippen molar-refractivity contribution >= 4 is 28.9 Å². The van der Waals surface area contributed by atoms with Gasteiger partial charge in [-0.1, -0.05) is 48.9 Å². The lowest BCUT2D eigenvalue weighted by Gasteiger charge is -2.16. The summed E-state index contributed by atoms with van der Waals surface area (Å²) in [6, 6.07) is 13.3. The van der Waals surface area contributed by atoms with Crippen molar-refractivity contribution in [3.05, 3.63) is 69.2 Å². The second-order valence-corrected chi connectivity index (χ2v) is 5.19. The van der Waals surface area contributed by atoms with Crippen LogP contribution in [0.2, 0.25) is 5.02 Å². The van der Waals surface area contributed by atoms with Crippen molar-refractivity contribution in [1.82, 2.24) is 0 Å². The van der Waals surface area contributed by atoms with Crippen LogP contribution < -0.4 is 5.32 Å². The summed E-state index contributed by atoms with van der Waals surface area (Å²) in [6.07, 6.45) is 0.613. The first-order chi connectivity index (χ1) is 10.5. The monoisotopic (exact) mass is 318 g/mol. The second-order valence-electron chi connectivity index (χ2n) is 4.78. The van der Waals surface area contributed by atoms with Gasteiger partial charge in [0.05, 0.1) is 21.6 Å². The number of non-ortho nitro benzene ring substituents is 1. The van der Waals surface area contributed by atoms with Gasteiger partial charge in [-0.05, 0) is 18.1 Å². The highest BCUT2D eigenvalue weighted by Gasteiger charge is 2.20. The van der Waals surface area contributed by atoms with Crippen LogP contribution in [0.25, 0.3) is 0 Å². The Labute approximate surface area is 133 Å². The van der Waals surface area contributed by atoms with Crippen LogP contribution in [0.5, 0.6) is 0 Å². The van der Waals surface area contributed by atoms with Crippen molar-refractivity contribution in [2.24, 2.45) is 0 Å². The van der Waals surface area contributed by atoms with E-state index in [0.29, 0.717) is 6.42 Å². The molecule has 2 rings (SSSR count). The van der Waals surface area contributed by atoms with Gasteiger partial charge in [0, 0.05) is 12.1 Å². The van der Waals surface area contributed by atoms with Crippen LogP contribution in [-0.4, -0.2) is 10.8 Å². The van der Waals surface area contributed by atoms with Gasteiger partial charge in [-0.25, -0.2) is 0 Å². The lowest BCUT2D eigenvalue weighted by molar-refractivity contribution is -0.384. The maximum Gasteiger partial charge on any atom is 0.271 e. The zero-order chi connectivity index (χ0) is 16.1. The summed E-state index contributed by atoms with van der Waals surface area (Å²) in [7, 11) is 0. The molecule has 0 saturated carbocycles. The maximum absolute atomic E-state index is 12.4. The molecule has 5 nitrogen and oxygen atoms in total. The number of halogens is 1. The summed E-state index contributed by atoms with van der Waals surface area (Å²) >= 11 is 6.00. The molecule has 0 radical (unpaired) electrons. The fraction of sp³-hybridized carbons (Fsp3) is 0.188. The molecule has 2 aromatic carbocycles. The van der Waals surface area contributed by atoms with E-state index in [0.717, 1.165) is 5.56 Å². The number of nitrogens with zero attached hydrogens (tertiary/aromatic N) is 1. The van der Waals surface area contributed by atoms with E-state index >= 15 is 0 Å². The molecule has 0 heterocycles. The minimum absolute atomic E-state index is 0.118. The Balaban J connectivity index is 2.24. The lowest BCUT2D eigenvalue weighted by atomic mass is 9.95. The molecular weight excluding hydrogens is 304 g/mol. The molecule has 0 aliphatic carbocycles. The lowest BCUT2D eigenvalue weighted by Crippen LogP contribution is -2.20. The first-order valence-corrected chi connectivity index (χ1v) is 7.20. The molecule has 1 atom stereocenters.